The van der Waals surface area contributed by atoms with Crippen molar-refractivity contribution in [2.24, 2.45) is 0 Å². The van der Waals surface area contributed by atoms with Gasteiger partial charge in [0.1, 0.15) is 5.82 Å². The number of hydrogen-bond acceptors (Lipinski definition) is 7. The zero-order valence-corrected chi connectivity index (χ0v) is 21.4. The van der Waals surface area contributed by atoms with Gasteiger partial charge >= 0.3 is 6.09 Å². The van der Waals surface area contributed by atoms with Gasteiger partial charge in [-0.05, 0) is 18.2 Å². The monoisotopic (exact) mass is 558 g/mol. The van der Waals surface area contributed by atoms with E-state index < -0.39 is 27.8 Å². The Labute approximate surface area is 221 Å². The molecule has 2 fully saturated rings. The number of halogens is 4. The minimum Gasteiger partial charge on any atom is -0.423 e. The number of carbonyl (C=O) groups is 3. The van der Waals surface area contributed by atoms with E-state index >= 15 is 0 Å². The molecule has 2 aliphatic heterocycles. The number of piperazine rings is 1. The van der Waals surface area contributed by atoms with Gasteiger partial charge in [0.2, 0.25) is 11.9 Å². The molecule has 1 unspecified atom stereocenters. The highest BCUT2D eigenvalue weighted by Gasteiger charge is 2.37. The van der Waals surface area contributed by atoms with Crippen LogP contribution in [0.15, 0.2) is 30.6 Å². The topological polar surface area (TPSA) is 108 Å². The first-order chi connectivity index (χ1) is 17.1. The molecule has 1 N–H and O–H groups in total. The SMILES string of the molecule is CCC(=O)NC1CN(c2ccc(-c3cnc(N4CCN(C(=O)C(Cl)(Cl)Cl)CC4)nc3)c(F)c2)C(=O)O1. The molecule has 1 atom stereocenters. The van der Waals surface area contributed by atoms with E-state index in [1.54, 1.807) is 13.0 Å². The summed E-state index contributed by atoms with van der Waals surface area (Å²) in [5.74, 6) is -0.975. The minimum absolute atomic E-state index is 0.0711. The van der Waals surface area contributed by atoms with Gasteiger partial charge < -0.3 is 19.9 Å². The van der Waals surface area contributed by atoms with Crippen LogP contribution in [0.3, 0.4) is 0 Å². The van der Waals surface area contributed by atoms with Crippen LogP contribution < -0.4 is 15.1 Å². The van der Waals surface area contributed by atoms with Crippen LogP contribution in [0, 0.1) is 5.82 Å². The predicted octanol–water partition coefficient (Wildman–Crippen LogP) is 3.11. The number of hydrogen-bond donors (Lipinski definition) is 1. The number of rotatable bonds is 5. The zero-order chi connectivity index (χ0) is 26.0. The Morgan fingerprint density at radius 3 is 2.42 bits per heavy atom. The van der Waals surface area contributed by atoms with Crippen LogP contribution in [-0.4, -0.2) is 75.5 Å². The Morgan fingerprint density at radius 2 is 1.83 bits per heavy atom. The molecule has 0 bridgehead atoms. The van der Waals surface area contributed by atoms with E-state index in [0.717, 1.165) is 0 Å². The lowest BCUT2D eigenvalue weighted by atomic mass is 10.1. The lowest BCUT2D eigenvalue weighted by molar-refractivity contribution is -0.130. The van der Waals surface area contributed by atoms with Gasteiger partial charge in [-0.1, -0.05) is 41.7 Å². The number of benzene rings is 1. The molecule has 0 radical (unpaired) electrons. The number of cyclic esters (lactones) is 1. The van der Waals surface area contributed by atoms with Crippen LogP contribution in [0.1, 0.15) is 13.3 Å². The predicted molar refractivity (Wildman–Crippen MR) is 133 cm³/mol. The standard InChI is InChI=1S/C22H22Cl3FN6O4/c1-2-17(33)29-18-12-32(21(35)36-18)14-3-4-15(16(26)9-14)13-10-27-20(28-11-13)31-7-5-30(6-8-31)19(34)22(23,24)25/h3-4,9-11,18H,2,5-8,12H2,1H3,(H,29,33). The molecular formula is C22H22Cl3FN6O4. The van der Waals surface area contributed by atoms with Crippen LogP contribution in [0.4, 0.5) is 20.8 Å². The molecule has 2 aromatic rings. The fourth-order valence-electron chi connectivity index (χ4n) is 3.85. The van der Waals surface area contributed by atoms with Crippen molar-refractivity contribution in [3.8, 4) is 11.1 Å². The highest BCUT2D eigenvalue weighted by molar-refractivity contribution is 6.76. The fourth-order valence-corrected chi connectivity index (χ4v) is 4.21. The van der Waals surface area contributed by atoms with Gasteiger partial charge in [-0.15, -0.1) is 0 Å². The van der Waals surface area contributed by atoms with Crippen molar-refractivity contribution >= 4 is 64.3 Å². The first-order valence-electron chi connectivity index (χ1n) is 11.1. The summed E-state index contributed by atoms with van der Waals surface area (Å²) in [5, 5.41) is 2.58. The van der Waals surface area contributed by atoms with E-state index in [2.05, 4.69) is 15.3 Å². The Balaban J connectivity index is 1.40. The summed E-state index contributed by atoms with van der Waals surface area (Å²) in [6.45, 7) is 3.33. The van der Waals surface area contributed by atoms with Crippen LogP contribution in [0.2, 0.25) is 0 Å². The molecule has 192 valence electrons. The summed E-state index contributed by atoms with van der Waals surface area (Å²) in [6, 6.07) is 4.32. The summed E-state index contributed by atoms with van der Waals surface area (Å²) in [7, 11) is 0. The number of anilines is 2. The van der Waals surface area contributed by atoms with Crippen LogP contribution >= 0.6 is 34.8 Å². The van der Waals surface area contributed by atoms with Gasteiger partial charge in [-0.25, -0.2) is 19.2 Å². The third-order valence-corrected chi connectivity index (χ3v) is 6.25. The number of nitrogens with one attached hydrogen (secondary N) is 1. The van der Waals surface area contributed by atoms with E-state index in [1.807, 2.05) is 4.90 Å². The molecule has 36 heavy (non-hydrogen) atoms. The van der Waals surface area contributed by atoms with E-state index in [1.165, 1.54) is 34.3 Å². The Hall–Kier alpha value is -2.89. The third kappa shape index (κ3) is 5.74. The maximum atomic E-state index is 15.0. The summed E-state index contributed by atoms with van der Waals surface area (Å²) >= 11 is 17.0. The molecule has 2 saturated heterocycles. The first kappa shape index (κ1) is 26.2. The lowest BCUT2D eigenvalue weighted by Gasteiger charge is -2.35. The first-order valence-corrected chi connectivity index (χ1v) is 12.2. The lowest BCUT2D eigenvalue weighted by Crippen LogP contribution is -2.52. The Kier molecular flexibility index (Phi) is 7.72. The second-order valence-electron chi connectivity index (χ2n) is 8.12. The second-order valence-corrected chi connectivity index (χ2v) is 10.4. The van der Waals surface area contributed by atoms with Crippen LogP contribution in [0.25, 0.3) is 11.1 Å². The maximum absolute atomic E-state index is 15.0. The van der Waals surface area contributed by atoms with Crippen LogP contribution in [0.5, 0.6) is 0 Å². The number of alkyl halides is 3. The highest BCUT2D eigenvalue weighted by Crippen LogP contribution is 2.30. The number of carbonyl (C=O) groups excluding carboxylic acids is 3. The molecule has 0 aliphatic carbocycles. The molecule has 4 rings (SSSR count). The molecule has 0 spiro atoms. The number of aromatic nitrogens is 2. The van der Waals surface area contributed by atoms with E-state index in [-0.39, 0.29) is 24.4 Å². The van der Waals surface area contributed by atoms with Gasteiger partial charge in [-0.3, -0.25) is 14.5 Å². The van der Waals surface area contributed by atoms with Crippen LogP contribution in [-0.2, 0) is 14.3 Å². The molecule has 1 aromatic carbocycles. The fraction of sp³-hybridized carbons (Fsp3) is 0.409. The van der Waals surface area contributed by atoms with Crippen molar-refractivity contribution in [3.63, 3.8) is 0 Å². The van der Waals surface area contributed by atoms with E-state index in [9.17, 15) is 18.8 Å². The molecule has 0 saturated carbocycles. The molecule has 3 amide bonds. The normalized spacial score (nSPS) is 18.3. The second kappa shape index (κ2) is 10.6. The van der Waals surface area contributed by atoms with Gasteiger partial charge in [0.15, 0.2) is 6.23 Å². The smallest absolute Gasteiger partial charge is 0.416 e. The minimum atomic E-state index is -2.00. The maximum Gasteiger partial charge on any atom is 0.416 e. The molecule has 3 heterocycles. The molecule has 14 heteroatoms. The number of ether oxygens (including phenoxy) is 1. The van der Waals surface area contributed by atoms with E-state index in [0.29, 0.717) is 43.4 Å². The van der Waals surface area contributed by atoms with Crippen molar-refractivity contribution in [1.29, 1.82) is 0 Å². The van der Waals surface area contributed by atoms with Crippen molar-refractivity contribution < 1.29 is 23.5 Å². The number of nitrogens with zero attached hydrogens (tertiary/aromatic N) is 5. The van der Waals surface area contributed by atoms with Gasteiger partial charge in [-0.2, -0.15) is 0 Å². The molecule has 10 nitrogen and oxygen atoms in total. The van der Waals surface area contributed by atoms with Crippen molar-refractivity contribution in [2.75, 3.05) is 42.5 Å². The van der Waals surface area contributed by atoms with Gasteiger partial charge in [0, 0.05) is 56.1 Å². The number of amides is 3. The highest BCUT2D eigenvalue weighted by atomic mass is 35.6. The van der Waals surface area contributed by atoms with Crippen molar-refractivity contribution in [1.82, 2.24) is 20.2 Å². The Morgan fingerprint density at radius 1 is 1.17 bits per heavy atom. The summed E-state index contributed by atoms with van der Waals surface area (Å²) in [4.78, 5) is 49.1. The quantitative estimate of drug-likeness (QED) is 0.561. The molecule has 1 aromatic heterocycles. The van der Waals surface area contributed by atoms with E-state index in [4.69, 9.17) is 39.5 Å². The van der Waals surface area contributed by atoms with Gasteiger partial charge in [0.25, 0.3) is 9.70 Å². The molecule has 2 aliphatic rings. The average Bonchev–Trinajstić information content (AvgIpc) is 3.22. The summed E-state index contributed by atoms with van der Waals surface area (Å²) < 4.78 is 18.1. The Bertz CT molecular complexity index is 1160. The molecular weight excluding hydrogens is 538 g/mol. The summed E-state index contributed by atoms with van der Waals surface area (Å²) in [6.07, 6.45) is 1.78. The van der Waals surface area contributed by atoms with Crippen molar-refractivity contribution in [2.45, 2.75) is 23.4 Å². The van der Waals surface area contributed by atoms with Crippen molar-refractivity contribution in [3.05, 3.63) is 36.4 Å². The van der Waals surface area contributed by atoms with Gasteiger partial charge in [0.05, 0.1) is 12.2 Å². The average molecular weight is 560 g/mol. The zero-order valence-electron chi connectivity index (χ0n) is 19.1. The largest absolute Gasteiger partial charge is 0.423 e. The summed E-state index contributed by atoms with van der Waals surface area (Å²) in [5.41, 5.74) is 1.01. The third-order valence-electron chi connectivity index (χ3n) is 5.76.